The van der Waals surface area contributed by atoms with Crippen LogP contribution in [0.2, 0.25) is 5.02 Å². The van der Waals surface area contributed by atoms with E-state index in [1.54, 1.807) is 49.6 Å². The normalized spacial score (nSPS) is 10.0. The molecule has 0 aliphatic rings. The highest BCUT2D eigenvalue weighted by molar-refractivity contribution is 6.34. The van der Waals surface area contributed by atoms with Crippen molar-refractivity contribution < 1.29 is 9.53 Å². The molecule has 1 amide bonds. The van der Waals surface area contributed by atoms with Crippen molar-refractivity contribution in [1.82, 2.24) is 0 Å². The Morgan fingerprint density at radius 1 is 1.26 bits per heavy atom. The van der Waals surface area contributed by atoms with Gasteiger partial charge in [-0.25, -0.2) is 0 Å². The lowest BCUT2D eigenvalue weighted by Crippen LogP contribution is -2.14. The van der Waals surface area contributed by atoms with Crippen LogP contribution in [0.5, 0.6) is 5.75 Å². The van der Waals surface area contributed by atoms with Crippen molar-refractivity contribution in [3.05, 3.63) is 53.1 Å². The molecule has 0 radical (unpaired) electrons. The maximum absolute atomic E-state index is 12.1. The minimum atomic E-state index is -0.312. The van der Waals surface area contributed by atoms with Gasteiger partial charge in [0, 0.05) is 11.8 Å². The molecule has 0 aromatic heterocycles. The van der Waals surface area contributed by atoms with E-state index in [1.165, 1.54) is 0 Å². The Morgan fingerprint density at radius 2 is 2.00 bits per heavy atom. The summed E-state index contributed by atoms with van der Waals surface area (Å²) in [6.07, 6.45) is 0. The smallest absolute Gasteiger partial charge is 0.257 e. The first-order valence-corrected chi connectivity index (χ1v) is 5.99. The van der Waals surface area contributed by atoms with E-state index in [0.29, 0.717) is 27.7 Å². The van der Waals surface area contributed by atoms with Crippen LogP contribution in [-0.2, 0) is 0 Å². The van der Waals surface area contributed by atoms with E-state index in [-0.39, 0.29) is 5.91 Å². The molecule has 4 nitrogen and oxygen atoms in total. The van der Waals surface area contributed by atoms with Gasteiger partial charge in [-0.1, -0.05) is 23.7 Å². The summed E-state index contributed by atoms with van der Waals surface area (Å²) in [7, 11) is 1.55. The zero-order valence-corrected chi connectivity index (χ0v) is 11.1. The Bertz CT molecular complexity index is 614. The predicted molar refractivity (Wildman–Crippen MR) is 76.8 cm³/mol. The first-order valence-electron chi connectivity index (χ1n) is 5.61. The van der Waals surface area contributed by atoms with Crippen molar-refractivity contribution in [3.63, 3.8) is 0 Å². The van der Waals surface area contributed by atoms with Crippen LogP contribution in [0, 0.1) is 0 Å². The van der Waals surface area contributed by atoms with Crippen LogP contribution in [0.4, 0.5) is 11.4 Å². The van der Waals surface area contributed by atoms with E-state index in [0.717, 1.165) is 0 Å². The van der Waals surface area contributed by atoms with Gasteiger partial charge in [-0.05, 0) is 24.3 Å². The molecule has 0 saturated heterocycles. The van der Waals surface area contributed by atoms with Crippen LogP contribution in [0.1, 0.15) is 10.4 Å². The van der Waals surface area contributed by atoms with E-state index < -0.39 is 0 Å². The van der Waals surface area contributed by atoms with Gasteiger partial charge in [0.1, 0.15) is 5.75 Å². The summed E-state index contributed by atoms with van der Waals surface area (Å²) < 4.78 is 5.09. The summed E-state index contributed by atoms with van der Waals surface area (Å²) >= 11 is 6.02. The number of nitrogens with one attached hydrogen (secondary N) is 1. The fourth-order valence-corrected chi connectivity index (χ4v) is 1.79. The second-order valence-corrected chi connectivity index (χ2v) is 4.29. The molecule has 98 valence electrons. The Morgan fingerprint density at radius 3 is 2.68 bits per heavy atom. The number of para-hydroxylation sites is 1. The molecule has 0 aliphatic heterocycles. The van der Waals surface area contributed by atoms with Gasteiger partial charge in [0.2, 0.25) is 0 Å². The fraction of sp³-hybridized carbons (Fsp3) is 0.0714. The SMILES string of the molecule is COc1ccc(Cl)c(NC(=O)c2ccccc2N)c1. The lowest BCUT2D eigenvalue weighted by Gasteiger charge is -2.10. The van der Waals surface area contributed by atoms with Crippen LogP contribution in [0.3, 0.4) is 0 Å². The number of hydrogen-bond donors (Lipinski definition) is 2. The minimum Gasteiger partial charge on any atom is -0.497 e. The average molecular weight is 277 g/mol. The Kier molecular flexibility index (Phi) is 3.92. The van der Waals surface area contributed by atoms with Crippen LogP contribution >= 0.6 is 11.6 Å². The standard InChI is InChI=1S/C14H13ClN2O2/c1-19-9-6-7-11(15)13(8-9)17-14(18)10-4-2-3-5-12(10)16/h2-8H,16H2,1H3,(H,17,18). The molecule has 0 fully saturated rings. The molecule has 0 atom stereocenters. The summed E-state index contributed by atoms with van der Waals surface area (Å²) in [6.45, 7) is 0. The summed E-state index contributed by atoms with van der Waals surface area (Å²) in [5.74, 6) is 0.300. The number of methoxy groups -OCH3 is 1. The first-order chi connectivity index (χ1) is 9.11. The molecule has 2 aromatic rings. The van der Waals surface area contributed by atoms with Crippen LogP contribution in [-0.4, -0.2) is 13.0 Å². The molecular formula is C14H13ClN2O2. The topological polar surface area (TPSA) is 64.3 Å². The number of anilines is 2. The number of hydrogen-bond acceptors (Lipinski definition) is 3. The fourth-order valence-electron chi connectivity index (χ4n) is 1.62. The quantitative estimate of drug-likeness (QED) is 0.846. The van der Waals surface area contributed by atoms with Gasteiger partial charge in [-0.15, -0.1) is 0 Å². The summed E-state index contributed by atoms with van der Waals surface area (Å²) in [5, 5.41) is 3.15. The molecular weight excluding hydrogens is 264 g/mol. The number of carbonyl (C=O) groups excluding carboxylic acids is 1. The number of carbonyl (C=O) groups is 1. The van der Waals surface area contributed by atoms with Crippen LogP contribution in [0.25, 0.3) is 0 Å². The highest BCUT2D eigenvalue weighted by atomic mass is 35.5. The Hall–Kier alpha value is -2.20. The van der Waals surface area contributed by atoms with Gasteiger partial charge in [-0.2, -0.15) is 0 Å². The molecule has 2 rings (SSSR count). The van der Waals surface area contributed by atoms with Crippen molar-refractivity contribution in [2.75, 3.05) is 18.2 Å². The lowest BCUT2D eigenvalue weighted by molar-refractivity contribution is 0.102. The molecule has 5 heteroatoms. The number of nitrogen functional groups attached to an aromatic ring is 1. The third-order valence-electron chi connectivity index (χ3n) is 2.63. The molecule has 0 bridgehead atoms. The Labute approximate surface area is 116 Å². The van der Waals surface area contributed by atoms with Crippen molar-refractivity contribution >= 4 is 28.9 Å². The third kappa shape index (κ3) is 2.98. The molecule has 0 saturated carbocycles. The van der Waals surface area contributed by atoms with Gasteiger partial charge in [0.05, 0.1) is 23.4 Å². The second-order valence-electron chi connectivity index (χ2n) is 3.89. The first kappa shape index (κ1) is 13.2. The van der Waals surface area contributed by atoms with Crippen LogP contribution < -0.4 is 15.8 Å². The maximum atomic E-state index is 12.1. The highest BCUT2D eigenvalue weighted by Gasteiger charge is 2.11. The zero-order valence-electron chi connectivity index (χ0n) is 10.3. The molecule has 2 aromatic carbocycles. The molecule has 0 spiro atoms. The van der Waals surface area contributed by atoms with Crippen molar-refractivity contribution in [2.24, 2.45) is 0 Å². The maximum Gasteiger partial charge on any atom is 0.257 e. The highest BCUT2D eigenvalue weighted by Crippen LogP contribution is 2.27. The van der Waals surface area contributed by atoms with E-state index in [9.17, 15) is 4.79 Å². The number of rotatable bonds is 3. The molecule has 0 heterocycles. The molecule has 3 N–H and O–H groups in total. The second kappa shape index (κ2) is 5.63. The molecule has 0 unspecified atom stereocenters. The van der Waals surface area contributed by atoms with E-state index in [4.69, 9.17) is 22.1 Å². The monoisotopic (exact) mass is 276 g/mol. The zero-order chi connectivity index (χ0) is 13.8. The number of halogens is 1. The Balaban J connectivity index is 2.26. The van der Waals surface area contributed by atoms with E-state index in [2.05, 4.69) is 5.32 Å². The predicted octanol–water partition coefficient (Wildman–Crippen LogP) is 3.18. The molecule has 0 aliphatic carbocycles. The lowest BCUT2D eigenvalue weighted by atomic mass is 10.1. The van der Waals surface area contributed by atoms with Gasteiger partial charge in [0.15, 0.2) is 0 Å². The summed E-state index contributed by atoms with van der Waals surface area (Å²) in [6, 6.07) is 11.9. The third-order valence-corrected chi connectivity index (χ3v) is 2.96. The summed E-state index contributed by atoms with van der Waals surface area (Å²) in [5.41, 5.74) is 7.05. The average Bonchev–Trinajstić information content (AvgIpc) is 2.41. The number of ether oxygens (including phenoxy) is 1. The van der Waals surface area contributed by atoms with E-state index >= 15 is 0 Å². The van der Waals surface area contributed by atoms with Crippen molar-refractivity contribution in [2.45, 2.75) is 0 Å². The van der Waals surface area contributed by atoms with Crippen molar-refractivity contribution in [1.29, 1.82) is 0 Å². The van der Waals surface area contributed by atoms with Crippen LogP contribution in [0.15, 0.2) is 42.5 Å². The van der Waals surface area contributed by atoms with Gasteiger partial charge >= 0.3 is 0 Å². The minimum absolute atomic E-state index is 0.312. The summed E-state index contributed by atoms with van der Waals surface area (Å²) in [4.78, 5) is 12.1. The number of nitrogens with two attached hydrogens (primary N) is 1. The number of amides is 1. The van der Waals surface area contributed by atoms with E-state index in [1.807, 2.05) is 0 Å². The van der Waals surface area contributed by atoms with Gasteiger partial charge in [-0.3, -0.25) is 4.79 Å². The number of benzene rings is 2. The van der Waals surface area contributed by atoms with Gasteiger partial charge in [0.25, 0.3) is 5.91 Å². The molecule has 19 heavy (non-hydrogen) atoms. The largest absolute Gasteiger partial charge is 0.497 e. The van der Waals surface area contributed by atoms with Crippen molar-refractivity contribution in [3.8, 4) is 5.75 Å². The van der Waals surface area contributed by atoms with Gasteiger partial charge < -0.3 is 15.8 Å².